The lowest BCUT2D eigenvalue weighted by atomic mass is 10.0. The van der Waals surface area contributed by atoms with E-state index >= 15 is 0 Å². The van der Waals surface area contributed by atoms with Crippen LogP contribution >= 0.6 is 34.0 Å². The minimum Gasteiger partial charge on any atom is -0.310 e. The molecular weight excluding hydrogens is 665 g/mol. The summed E-state index contributed by atoms with van der Waals surface area (Å²) in [5.41, 5.74) is 5.55. The second-order valence-electron chi connectivity index (χ2n) is 12.8. The molecule has 0 aliphatic heterocycles. The fourth-order valence-corrected chi connectivity index (χ4v) is 10.6. The standard InChI is InChI=1S/C45H26N2S3/c1-4-10-40-35(7-1)37-23-28-15-19-33(21-30(28)25-43(37)48-40)47(32-17-13-27(14-18-32)45-46-39-9-3-6-12-42(39)50-45)34-20-16-29-24-38-36-8-2-5-11-41(36)49-44(38)26-31(29)22-34/h1-26H. The molecule has 0 amide bonds. The number of thiophene rings is 2. The Morgan fingerprint density at radius 3 is 1.46 bits per heavy atom. The van der Waals surface area contributed by atoms with Gasteiger partial charge in [0.25, 0.3) is 0 Å². The highest BCUT2D eigenvalue weighted by atomic mass is 32.1. The van der Waals surface area contributed by atoms with Gasteiger partial charge in [0.2, 0.25) is 0 Å². The predicted octanol–water partition coefficient (Wildman–Crippen LogP) is 14.5. The molecule has 5 heteroatoms. The van der Waals surface area contributed by atoms with Gasteiger partial charge in [-0.2, -0.15) is 0 Å². The van der Waals surface area contributed by atoms with Crippen molar-refractivity contribution < 1.29 is 0 Å². The van der Waals surface area contributed by atoms with Crippen LogP contribution < -0.4 is 4.90 Å². The first-order valence-corrected chi connectivity index (χ1v) is 19.1. The van der Waals surface area contributed by atoms with Crippen LogP contribution in [-0.4, -0.2) is 4.98 Å². The number of benzene rings is 8. The zero-order valence-corrected chi connectivity index (χ0v) is 29.1. The van der Waals surface area contributed by atoms with E-state index in [4.69, 9.17) is 4.98 Å². The van der Waals surface area contributed by atoms with E-state index in [2.05, 4.69) is 163 Å². The molecule has 8 aromatic carbocycles. The fraction of sp³-hybridized carbons (Fsp3) is 0. The number of thiazole rings is 1. The number of fused-ring (bicyclic) bond motifs is 9. The van der Waals surface area contributed by atoms with E-state index in [9.17, 15) is 0 Å². The number of hydrogen-bond donors (Lipinski definition) is 0. The van der Waals surface area contributed by atoms with Crippen molar-refractivity contribution in [3.63, 3.8) is 0 Å². The molecule has 3 heterocycles. The molecule has 0 aliphatic rings. The predicted molar refractivity (Wildman–Crippen MR) is 221 cm³/mol. The van der Waals surface area contributed by atoms with Crippen LogP contribution in [0.2, 0.25) is 0 Å². The first-order chi connectivity index (χ1) is 24.7. The Balaban J connectivity index is 1.08. The lowest BCUT2D eigenvalue weighted by molar-refractivity contribution is 1.29. The van der Waals surface area contributed by atoms with Crippen LogP contribution in [0.4, 0.5) is 17.1 Å². The Morgan fingerprint density at radius 2 is 0.880 bits per heavy atom. The van der Waals surface area contributed by atoms with Gasteiger partial charge in [-0.15, -0.1) is 34.0 Å². The Labute approximate surface area is 299 Å². The second-order valence-corrected chi connectivity index (χ2v) is 16.0. The molecule has 0 aliphatic carbocycles. The summed E-state index contributed by atoms with van der Waals surface area (Å²) in [6, 6.07) is 57.9. The summed E-state index contributed by atoms with van der Waals surface area (Å²) in [4.78, 5) is 7.32. The van der Waals surface area contributed by atoms with Gasteiger partial charge >= 0.3 is 0 Å². The summed E-state index contributed by atoms with van der Waals surface area (Å²) in [6.07, 6.45) is 0. The monoisotopic (exact) mass is 690 g/mol. The van der Waals surface area contributed by atoms with Crippen LogP contribution in [0.1, 0.15) is 0 Å². The van der Waals surface area contributed by atoms with Crippen molar-refractivity contribution in [1.82, 2.24) is 4.98 Å². The number of aromatic nitrogens is 1. The molecule has 0 saturated heterocycles. The van der Waals surface area contributed by atoms with Crippen molar-refractivity contribution in [2.45, 2.75) is 0 Å². The number of anilines is 3. The third kappa shape index (κ3) is 4.48. The highest BCUT2D eigenvalue weighted by Gasteiger charge is 2.17. The van der Waals surface area contributed by atoms with Crippen LogP contribution in [0.15, 0.2) is 158 Å². The quantitative estimate of drug-likeness (QED) is 0.183. The first-order valence-electron chi connectivity index (χ1n) is 16.7. The molecule has 0 N–H and O–H groups in total. The summed E-state index contributed by atoms with van der Waals surface area (Å²) in [6.45, 7) is 0. The number of para-hydroxylation sites is 1. The first kappa shape index (κ1) is 28.3. The molecule has 0 saturated carbocycles. The smallest absolute Gasteiger partial charge is 0.124 e. The third-order valence-corrected chi connectivity index (χ3v) is 13.2. The Hall–Kier alpha value is -5.59. The zero-order valence-electron chi connectivity index (χ0n) is 26.6. The van der Waals surface area contributed by atoms with E-state index in [0.29, 0.717) is 0 Å². The molecule has 0 fully saturated rings. The number of rotatable bonds is 4. The van der Waals surface area contributed by atoms with Gasteiger partial charge in [0.05, 0.1) is 10.2 Å². The molecule has 0 spiro atoms. The molecular formula is C45H26N2S3. The highest BCUT2D eigenvalue weighted by Crippen LogP contribution is 2.43. The van der Waals surface area contributed by atoms with Gasteiger partial charge in [-0.3, -0.25) is 0 Å². The largest absolute Gasteiger partial charge is 0.310 e. The maximum atomic E-state index is 4.93. The van der Waals surface area contributed by atoms with Crippen molar-refractivity contribution in [1.29, 1.82) is 0 Å². The van der Waals surface area contributed by atoms with Crippen molar-refractivity contribution in [2.75, 3.05) is 4.90 Å². The Kier molecular flexibility index (Phi) is 6.20. The van der Waals surface area contributed by atoms with Gasteiger partial charge in [0, 0.05) is 63.0 Å². The average molecular weight is 691 g/mol. The van der Waals surface area contributed by atoms with E-state index in [-0.39, 0.29) is 0 Å². The molecule has 11 aromatic rings. The molecule has 3 aromatic heterocycles. The normalized spacial score (nSPS) is 12.0. The van der Waals surface area contributed by atoms with Gasteiger partial charge in [-0.1, -0.05) is 60.7 Å². The molecule has 0 atom stereocenters. The molecule has 234 valence electrons. The lowest BCUT2D eigenvalue weighted by Gasteiger charge is -2.26. The van der Waals surface area contributed by atoms with Crippen LogP contribution in [0.25, 0.3) is 82.7 Å². The van der Waals surface area contributed by atoms with Crippen molar-refractivity contribution >= 4 is 123 Å². The molecule has 50 heavy (non-hydrogen) atoms. The molecule has 0 bridgehead atoms. The number of hydrogen-bond acceptors (Lipinski definition) is 5. The molecule has 0 radical (unpaired) electrons. The minimum absolute atomic E-state index is 1.04. The molecule has 11 rings (SSSR count). The molecule has 2 nitrogen and oxygen atoms in total. The second kappa shape index (κ2) is 11.0. The van der Waals surface area contributed by atoms with E-state index in [0.717, 1.165) is 33.1 Å². The average Bonchev–Trinajstić information content (AvgIpc) is 3.86. The summed E-state index contributed by atoms with van der Waals surface area (Å²) in [7, 11) is 0. The topological polar surface area (TPSA) is 16.1 Å². The molecule has 0 unspecified atom stereocenters. The third-order valence-electron chi connectivity index (χ3n) is 9.82. The fourth-order valence-electron chi connectivity index (χ4n) is 7.39. The van der Waals surface area contributed by atoms with Gasteiger partial charge < -0.3 is 4.90 Å². The maximum Gasteiger partial charge on any atom is 0.124 e. The van der Waals surface area contributed by atoms with Gasteiger partial charge in [0.15, 0.2) is 0 Å². The van der Waals surface area contributed by atoms with Gasteiger partial charge in [-0.25, -0.2) is 4.98 Å². The summed E-state index contributed by atoms with van der Waals surface area (Å²) < 4.78 is 6.51. The summed E-state index contributed by atoms with van der Waals surface area (Å²) in [5, 5.41) is 11.3. The van der Waals surface area contributed by atoms with Crippen LogP contribution in [0.3, 0.4) is 0 Å². The van der Waals surface area contributed by atoms with Crippen molar-refractivity contribution in [3.05, 3.63) is 158 Å². The van der Waals surface area contributed by atoms with Crippen LogP contribution in [0, 0.1) is 0 Å². The Morgan fingerprint density at radius 1 is 0.360 bits per heavy atom. The maximum absolute atomic E-state index is 4.93. The summed E-state index contributed by atoms with van der Waals surface area (Å²) in [5.74, 6) is 0. The highest BCUT2D eigenvalue weighted by molar-refractivity contribution is 7.26. The number of nitrogens with zero attached hydrogens (tertiary/aromatic N) is 2. The SMILES string of the molecule is c1ccc2sc(-c3ccc(N(c4ccc5cc6c(cc5c4)sc4ccccc46)c4ccc5cc6c(cc5c4)sc4ccccc46)cc3)nc2c1. The summed E-state index contributed by atoms with van der Waals surface area (Å²) >= 11 is 5.48. The zero-order chi connectivity index (χ0) is 32.8. The van der Waals surface area contributed by atoms with Gasteiger partial charge in [0.1, 0.15) is 5.01 Å². The minimum atomic E-state index is 1.04. The van der Waals surface area contributed by atoms with E-state index in [1.54, 1.807) is 11.3 Å². The van der Waals surface area contributed by atoms with E-state index in [1.165, 1.54) is 66.6 Å². The lowest BCUT2D eigenvalue weighted by Crippen LogP contribution is -2.09. The van der Waals surface area contributed by atoms with E-state index in [1.807, 2.05) is 22.7 Å². The van der Waals surface area contributed by atoms with Crippen LogP contribution in [0.5, 0.6) is 0 Å². The Bertz CT molecular complexity index is 2920. The van der Waals surface area contributed by atoms with Gasteiger partial charge in [-0.05, 0) is 119 Å². The van der Waals surface area contributed by atoms with Crippen molar-refractivity contribution in [2.24, 2.45) is 0 Å². The van der Waals surface area contributed by atoms with Crippen molar-refractivity contribution in [3.8, 4) is 10.6 Å². The van der Waals surface area contributed by atoms with Crippen LogP contribution in [-0.2, 0) is 0 Å². The van der Waals surface area contributed by atoms with E-state index < -0.39 is 0 Å².